The molecule has 0 radical (unpaired) electrons. The number of esters is 1. The summed E-state index contributed by atoms with van der Waals surface area (Å²) in [7, 11) is 1.23. The van der Waals surface area contributed by atoms with Crippen molar-refractivity contribution < 1.29 is 19.1 Å². The second-order valence-electron chi connectivity index (χ2n) is 3.49. The lowest BCUT2D eigenvalue weighted by Crippen LogP contribution is -2.35. The minimum Gasteiger partial charge on any atom is -0.465 e. The molecular formula is C13H14N2O4. The van der Waals surface area contributed by atoms with Crippen LogP contribution in [0.4, 0.5) is 5.69 Å². The SMILES string of the molecule is C=CCNC(=O)C(=O)Nc1ccccc1C(=O)OC. The number of ether oxygens (including phenoxy) is 1. The fourth-order valence-electron chi connectivity index (χ4n) is 1.30. The molecule has 0 aliphatic carbocycles. The Balaban J connectivity index is 2.82. The zero-order valence-corrected chi connectivity index (χ0v) is 10.4. The van der Waals surface area contributed by atoms with Crippen LogP contribution in [0.5, 0.6) is 0 Å². The molecule has 0 spiro atoms. The molecule has 0 aliphatic heterocycles. The first-order chi connectivity index (χ1) is 9.10. The van der Waals surface area contributed by atoms with Crippen molar-refractivity contribution >= 4 is 23.5 Å². The number of nitrogens with one attached hydrogen (secondary N) is 2. The zero-order chi connectivity index (χ0) is 14.3. The van der Waals surface area contributed by atoms with Gasteiger partial charge in [0.2, 0.25) is 0 Å². The van der Waals surface area contributed by atoms with Crippen molar-refractivity contribution in [1.82, 2.24) is 5.32 Å². The van der Waals surface area contributed by atoms with Gasteiger partial charge in [0, 0.05) is 6.54 Å². The van der Waals surface area contributed by atoms with E-state index in [9.17, 15) is 14.4 Å². The second kappa shape index (κ2) is 6.95. The fraction of sp³-hybridized carbons (Fsp3) is 0.154. The van der Waals surface area contributed by atoms with E-state index >= 15 is 0 Å². The van der Waals surface area contributed by atoms with Gasteiger partial charge >= 0.3 is 17.8 Å². The van der Waals surface area contributed by atoms with Crippen molar-refractivity contribution in [2.75, 3.05) is 19.0 Å². The van der Waals surface area contributed by atoms with E-state index in [4.69, 9.17) is 0 Å². The van der Waals surface area contributed by atoms with Crippen LogP contribution in [0.25, 0.3) is 0 Å². The van der Waals surface area contributed by atoms with Crippen LogP contribution in [0.1, 0.15) is 10.4 Å². The smallest absolute Gasteiger partial charge is 0.339 e. The zero-order valence-electron chi connectivity index (χ0n) is 10.4. The van der Waals surface area contributed by atoms with Crippen molar-refractivity contribution in [2.24, 2.45) is 0 Å². The molecule has 6 heteroatoms. The van der Waals surface area contributed by atoms with Crippen LogP contribution < -0.4 is 10.6 Å². The predicted molar refractivity (Wildman–Crippen MR) is 69.6 cm³/mol. The van der Waals surface area contributed by atoms with E-state index in [1.807, 2.05) is 0 Å². The van der Waals surface area contributed by atoms with E-state index in [2.05, 4.69) is 21.9 Å². The lowest BCUT2D eigenvalue weighted by Gasteiger charge is -2.09. The first-order valence-electron chi connectivity index (χ1n) is 5.47. The van der Waals surface area contributed by atoms with Gasteiger partial charge in [0.25, 0.3) is 0 Å². The van der Waals surface area contributed by atoms with Gasteiger partial charge in [-0.3, -0.25) is 9.59 Å². The Labute approximate surface area is 110 Å². The highest BCUT2D eigenvalue weighted by Crippen LogP contribution is 2.15. The number of carbonyl (C=O) groups excluding carboxylic acids is 3. The van der Waals surface area contributed by atoms with Gasteiger partial charge in [0.1, 0.15) is 0 Å². The molecule has 6 nitrogen and oxygen atoms in total. The average molecular weight is 262 g/mol. The largest absolute Gasteiger partial charge is 0.465 e. The van der Waals surface area contributed by atoms with Crippen molar-refractivity contribution in [1.29, 1.82) is 0 Å². The minimum atomic E-state index is -0.863. The lowest BCUT2D eigenvalue weighted by atomic mass is 10.2. The molecule has 100 valence electrons. The van der Waals surface area contributed by atoms with Gasteiger partial charge in [-0.1, -0.05) is 18.2 Å². The second-order valence-corrected chi connectivity index (χ2v) is 3.49. The maximum absolute atomic E-state index is 11.6. The Bertz CT molecular complexity index is 511. The van der Waals surface area contributed by atoms with Crippen LogP contribution in [-0.2, 0) is 14.3 Å². The number of amides is 2. The molecule has 1 aromatic rings. The number of methoxy groups -OCH3 is 1. The molecule has 0 saturated heterocycles. The van der Waals surface area contributed by atoms with Gasteiger partial charge in [-0.15, -0.1) is 6.58 Å². The van der Waals surface area contributed by atoms with Crippen LogP contribution in [-0.4, -0.2) is 31.4 Å². The molecule has 2 N–H and O–H groups in total. The molecule has 0 aliphatic rings. The Morgan fingerprint density at radius 1 is 1.26 bits per heavy atom. The average Bonchev–Trinajstić information content (AvgIpc) is 2.44. The van der Waals surface area contributed by atoms with Crippen LogP contribution in [0.15, 0.2) is 36.9 Å². The summed E-state index contributed by atoms with van der Waals surface area (Å²) in [5.74, 6) is -2.26. The molecule has 0 bridgehead atoms. The first kappa shape index (κ1) is 14.4. The fourth-order valence-corrected chi connectivity index (χ4v) is 1.30. The van der Waals surface area contributed by atoms with Gasteiger partial charge < -0.3 is 15.4 Å². The maximum atomic E-state index is 11.6. The molecule has 1 aromatic carbocycles. The molecule has 0 aromatic heterocycles. The maximum Gasteiger partial charge on any atom is 0.339 e. The number of hydrogen-bond donors (Lipinski definition) is 2. The van der Waals surface area contributed by atoms with E-state index in [0.29, 0.717) is 0 Å². The van der Waals surface area contributed by atoms with Crippen molar-refractivity contribution in [3.63, 3.8) is 0 Å². The van der Waals surface area contributed by atoms with E-state index in [0.717, 1.165) is 0 Å². The summed E-state index contributed by atoms with van der Waals surface area (Å²) in [4.78, 5) is 34.4. The molecule has 0 saturated carbocycles. The van der Waals surface area contributed by atoms with E-state index < -0.39 is 17.8 Å². The van der Waals surface area contributed by atoms with Crippen LogP contribution in [0.2, 0.25) is 0 Å². The Kier molecular flexibility index (Phi) is 5.28. The molecule has 0 heterocycles. The van der Waals surface area contributed by atoms with Gasteiger partial charge in [-0.25, -0.2) is 4.79 Å². The van der Waals surface area contributed by atoms with Crippen molar-refractivity contribution in [2.45, 2.75) is 0 Å². The number of benzene rings is 1. The molecule has 1 rings (SSSR count). The highest BCUT2D eigenvalue weighted by molar-refractivity contribution is 6.40. The molecular weight excluding hydrogens is 248 g/mol. The van der Waals surface area contributed by atoms with Crippen LogP contribution in [0.3, 0.4) is 0 Å². The van der Waals surface area contributed by atoms with Gasteiger partial charge in [0.15, 0.2) is 0 Å². The molecule has 2 amide bonds. The van der Waals surface area contributed by atoms with E-state index in [1.54, 1.807) is 12.1 Å². The standard InChI is InChI=1S/C13H14N2O4/c1-3-8-14-11(16)12(17)15-10-7-5-4-6-9(10)13(18)19-2/h3-7H,1,8H2,2H3,(H,14,16)(H,15,17). The van der Waals surface area contributed by atoms with Crippen molar-refractivity contribution in [3.05, 3.63) is 42.5 Å². The normalized spacial score (nSPS) is 9.32. The number of hydrogen-bond acceptors (Lipinski definition) is 4. The van der Waals surface area contributed by atoms with E-state index in [-0.39, 0.29) is 17.8 Å². The van der Waals surface area contributed by atoms with Crippen LogP contribution >= 0.6 is 0 Å². The van der Waals surface area contributed by atoms with Crippen LogP contribution in [0, 0.1) is 0 Å². The third kappa shape index (κ3) is 3.95. The summed E-state index contributed by atoms with van der Waals surface area (Å²) in [5, 5.41) is 4.68. The number of para-hydroxylation sites is 1. The van der Waals surface area contributed by atoms with Gasteiger partial charge in [-0.05, 0) is 12.1 Å². The monoisotopic (exact) mass is 262 g/mol. The van der Waals surface area contributed by atoms with Crippen molar-refractivity contribution in [3.8, 4) is 0 Å². The topological polar surface area (TPSA) is 84.5 Å². The number of carbonyl (C=O) groups is 3. The van der Waals surface area contributed by atoms with Gasteiger partial charge in [0.05, 0.1) is 18.4 Å². The summed E-state index contributed by atoms with van der Waals surface area (Å²) in [6.07, 6.45) is 1.45. The summed E-state index contributed by atoms with van der Waals surface area (Å²) in [6.45, 7) is 3.60. The Morgan fingerprint density at radius 3 is 2.58 bits per heavy atom. The molecule has 0 unspecified atom stereocenters. The summed E-state index contributed by atoms with van der Waals surface area (Å²) < 4.78 is 4.58. The third-order valence-corrected chi connectivity index (χ3v) is 2.19. The quantitative estimate of drug-likeness (QED) is 0.475. The van der Waals surface area contributed by atoms with Gasteiger partial charge in [-0.2, -0.15) is 0 Å². The number of rotatable bonds is 4. The Hall–Kier alpha value is -2.63. The molecule has 0 fully saturated rings. The minimum absolute atomic E-state index is 0.176. The summed E-state index contributed by atoms with van der Waals surface area (Å²) in [6, 6.07) is 6.25. The Morgan fingerprint density at radius 2 is 1.95 bits per heavy atom. The highest BCUT2D eigenvalue weighted by atomic mass is 16.5. The predicted octanol–water partition coefficient (Wildman–Crippen LogP) is 0.714. The third-order valence-electron chi connectivity index (χ3n) is 2.19. The summed E-state index contributed by atoms with van der Waals surface area (Å²) >= 11 is 0. The highest BCUT2D eigenvalue weighted by Gasteiger charge is 2.17. The lowest BCUT2D eigenvalue weighted by molar-refractivity contribution is -0.136. The molecule has 19 heavy (non-hydrogen) atoms. The van der Waals surface area contributed by atoms with E-state index in [1.165, 1.54) is 25.3 Å². The molecule has 0 atom stereocenters. The summed E-state index contributed by atoms with van der Waals surface area (Å²) in [5.41, 5.74) is 0.392. The first-order valence-corrected chi connectivity index (χ1v) is 5.47. The number of anilines is 1.